The fourth-order valence-electron chi connectivity index (χ4n) is 2.71. The molecule has 1 atom stereocenters. The lowest BCUT2D eigenvalue weighted by Gasteiger charge is -2.23. The number of carbonyl (C=O) groups is 1. The molecule has 0 saturated carbocycles. The van der Waals surface area contributed by atoms with Gasteiger partial charge in [-0.25, -0.2) is 4.98 Å². The zero-order chi connectivity index (χ0) is 15.6. The van der Waals surface area contributed by atoms with Crippen molar-refractivity contribution < 1.29 is 14.3 Å². The van der Waals surface area contributed by atoms with E-state index in [1.807, 2.05) is 48.5 Å². The van der Waals surface area contributed by atoms with E-state index in [4.69, 9.17) is 9.47 Å². The van der Waals surface area contributed by atoms with Gasteiger partial charge in [0.15, 0.2) is 0 Å². The summed E-state index contributed by atoms with van der Waals surface area (Å²) in [4.78, 5) is 16.7. The van der Waals surface area contributed by atoms with Crippen molar-refractivity contribution in [3.05, 3.63) is 59.1 Å². The highest BCUT2D eigenvalue weighted by Crippen LogP contribution is 2.28. The largest absolute Gasteiger partial charge is 0.492 e. The SMILES string of the molecule is O=C(OCc1nc2ccccc2s1)[C@@H]1COc2ccccc2C1. The third-order valence-corrected chi connectivity index (χ3v) is 4.90. The Hall–Kier alpha value is -2.40. The Balaban J connectivity index is 1.40. The molecule has 0 N–H and O–H groups in total. The molecule has 2 heterocycles. The second-order valence-corrected chi connectivity index (χ2v) is 6.62. The van der Waals surface area contributed by atoms with E-state index in [-0.39, 0.29) is 18.5 Å². The maximum Gasteiger partial charge on any atom is 0.313 e. The summed E-state index contributed by atoms with van der Waals surface area (Å²) in [6.07, 6.45) is 0.662. The molecule has 0 unspecified atom stereocenters. The zero-order valence-electron chi connectivity index (χ0n) is 12.4. The standard InChI is InChI=1S/C18H15NO3S/c20-18(13-9-12-5-1-3-7-15(12)21-10-13)22-11-17-19-14-6-2-4-8-16(14)23-17/h1-8,13H,9-11H2/t13-/m0/s1. The average molecular weight is 325 g/mol. The van der Waals surface area contributed by atoms with Gasteiger partial charge in [0.1, 0.15) is 24.0 Å². The first kappa shape index (κ1) is 14.2. The number of carbonyl (C=O) groups excluding carboxylic acids is 1. The molecule has 0 saturated heterocycles. The predicted molar refractivity (Wildman–Crippen MR) is 88.5 cm³/mol. The molecule has 0 spiro atoms. The molecule has 5 heteroatoms. The van der Waals surface area contributed by atoms with E-state index in [0.29, 0.717) is 13.0 Å². The predicted octanol–water partition coefficient (Wildman–Crippen LogP) is 3.59. The van der Waals surface area contributed by atoms with Crippen molar-refractivity contribution in [3.8, 4) is 5.75 Å². The van der Waals surface area contributed by atoms with Crippen molar-refractivity contribution in [2.45, 2.75) is 13.0 Å². The fraction of sp³-hybridized carbons (Fsp3) is 0.222. The van der Waals surface area contributed by atoms with Crippen LogP contribution in [0, 0.1) is 5.92 Å². The number of aromatic nitrogens is 1. The molecule has 2 aromatic carbocycles. The molecule has 0 bridgehead atoms. The highest BCUT2D eigenvalue weighted by atomic mass is 32.1. The summed E-state index contributed by atoms with van der Waals surface area (Å²) in [6, 6.07) is 15.7. The van der Waals surface area contributed by atoms with Gasteiger partial charge in [-0.3, -0.25) is 4.79 Å². The normalized spacial score (nSPS) is 16.6. The molecule has 0 fully saturated rings. The molecule has 116 valence electrons. The maximum atomic E-state index is 12.3. The Morgan fingerprint density at radius 2 is 2.04 bits per heavy atom. The summed E-state index contributed by atoms with van der Waals surface area (Å²) in [7, 11) is 0. The van der Waals surface area contributed by atoms with Crippen LogP contribution in [0.2, 0.25) is 0 Å². The van der Waals surface area contributed by atoms with Crippen molar-refractivity contribution >= 4 is 27.5 Å². The number of fused-ring (bicyclic) bond motifs is 2. The summed E-state index contributed by atoms with van der Waals surface area (Å²) in [5, 5.41) is 0.816. The minimum absolute atomic E-state index is 0.219. The lowest BCUT2D eigenvalue weighted by atomic mass is 9.97. The molecule has 3 aromatic rings. The van der Waals surface area contributed by atoms with Crippen LogP contribution in [0.15, 0.2) is 48.5 Å². The first-order valence-electron chi connectivity index (χ1n) is 7.51. The molecule has 23 heavy (non-hydrogen) atoms. The Morgan fingerprint density at radius 3 is 2.96 bits per heavy atom. The van der Waals surface area contributed by atoms with E-state index in [1.54, 1.807) is 11.3 Å². The summed E-state index contributed by atoms with van der Waals surface area (Å²) in [6.45, 7) is 0.589. The van der Waals surface area contributed by atoms with Crippen molar-refractivity contribution in [1.29, 1.82) is 0 Å². The van der Waals surface area contributed by atoms with Crippen LogP contribution in [0.25, 0.3) is 10.2 Å². The van der Waals surface area contributed by atoms with Crippen LogP contribution in [-0.2, 0) is 22.6 Å². The van der Waals surface area contributed by atoms with Crippen molar-refractivity contribution in [2.75, 3.05) is 6.61 Å². The topological polar surface area (TPSA) is 48.4 Å². The molecule has 1 aromatic heterocycles. The van der Waals surface area contributed by atoms with Gasteiger partial charge in [-0.1, -0.05) is 30.3 Å². The first-order valence-corrected chi connectivity index (χ1v) is 8.33. The van der Waals surface area contributed by atoms with Gasteiger partial charge in [0.25, 0.3) is 0 Å². The number of hydrogen-bond donors (Lipinski definition) is 0. The lowest BCUT2D eigenvalue weighted by Crippen LogP contribution is -2.29. The minimum Gasteiger partial charge on any atom is -0.492 e. The third kappa shape index (κ3) is 2.92. The highest BCUT2D eigenvalue weighted by Gasteiger charge is 2.27. The minimum atomic E-state index is -0.251. The van der Waals surface area contributed by atoms with Crippen LogP contribution in [0.3, 0.4) is 0 Å². The molecule has 1 aliphatic rings. The summed E-state index contributed by atoms with van der Waals surface area (Å²) < 4.78 is 12.2. The van der Waals surface area contributed by atoms with Crippen molar-refractivity contribution in [3.63, 3.8) is 0 Å². The maximum absolute atomic E-state index is 12.3. The van der Waals surface area contributed by atoms with Gasteiger partial charge in [0, 0.05) is 0 Å². The van der Waals surface area contributed by atoms with Crippen LogP contribution in [-0.4, -0.2) is 17.6 Å². The Kier molecular flexibility index (Phi) is 3.71. The van der Waals surface area contributed by atoms with Crippen LogP contribution in [0.4, 0.5) is 0 Å². The van der Waals surface area contributed by atoms with E-state index >= 15 is 0 Å². The van der Waals surface area contributed by atoms with Gasteiger partial charge < -0.3 is 9.47 Å². The Labute approximate surface area is 137 Å². The number of para-hydroxylation sites is 2. The number of esters is 1. The van der Waals surface area contributed by atoms with Crippen molar-refractivity contribution in [1.82, 2.24) is 4.98 Å². The fourth-order valence-corrected chi connectivity index (χ4v) is 3.59. The third-order valence-electron chi connectivity index (χ3n) is 3.89. The number of hydrogen-bond acceptors (Lipinski definition) is 5. The van der Waals surface area contributed by atoms with Gasteiger partial charge in [-0.2, -0.15) is 0 Å². The van der Waals surface area contributed by atoms with Gasteiger partial charge in [-0.05, 0) is 30.2 Å². The van der Waals surface area contributed by atoms with Crippen LogP contribution < -0.4 is 4.74 Å². The van der Waals surface area contributed by atoms with E-state index in [1.165, 1.54) is 0 Å². The molecule has 0 amide bonds. The quantitative estimate of drug-likeness (QED) is 0.691. The van der Waals surface area contributed by atoms with E-state index in [9.17, 15) is 4.79 Å². The second kappa shape index (κ2) is 6.01. The second-order valence-electron chi connectivity index (χ2n) is 5.50. The first-order chi connectivity index (χ1) is 11.3. The molecular weight excluding hydrogens is 310 g/mol. The Morgan fingerprint density at radius 1 is 1.22 bits per heavy atom. The van der Waals surface area contributed by atoms with Gasteiger partial charge in [0.05, 0.1) is 16.1 Å². The number of rotatable bonds is 3. The molecule has 4 rings (SSSR count). The van der Waals surface area contributed by atoms with Crippen LogP contribution >= 0.6 is 11.3 Å². The molecular formula is C18H15NO3S. The van der Waals surface area contributed by atoms with E-state index in [0.717, 1.165) is 26.5 Å². The van der Waals surface area contributed by atoms with Crippen LogP contribution in [0.1, 0.15) is 10.6 Å². The van der Waals surface area contributed by atoms with Gasteiger partial charge in [-0.15, -0.1) is 11.3 Å². The molecule has 0 radical (unpaired) electrons. The number of ether oxygens (including phenoxy) is 2. The monoisotopic (exact) mass is 325 g/mol. The Bertz CT molecular complexity index is 825. The number of nitrogens with zero attached hydrogens (tertiary/aromatic N) is 1. The van der Waals surface area contributed by atoms with E-state index in [2.05, 4.69) is 4.98 Å². The molecule has 0 aliphatic carbocycles. The average Bonchev–Trinajstić information content (AvgIpc) is 3.02. The van der Waals surface area contributed by atoms with Crippen LogP contribution in [0.5, 0.6) is 5.75 Å². The smallest absolute Gasteiger partial charge is 0.313 e. The lowest BCUT2D eigenvalue weighted by molar-refractivity contribution is -0.151. The zero-order valence-corrected chi connectivity index (χ0v) is 13.2. The van der Waals surface area contributed by atoms with Gasteiger partial charge >= 0.3 is 5.97 Å². The summed E-state index contributed by atoms with van der Waals surface area (Å²) >= 11 is 1.55. The summed E-state index contributed by atoms with van der Waals surface area (Å²) in [5.41, 5.74) is 2.00. The molecule has 4 nitrogen and oxygen atoms in total. The van der Waals surface area contributed by atoms with Gasteiger partial charge in [0.2, 0.25) is 0 Å². The van der Waals surface area contributed by atoms with E-state index < -0.39 is 0 Å². The number of benzene rings is 2. The highest BCUT2D eigenvalue weighted by molar-refractivity contribution is 7.18. The molecule has 1 aliphatic heterocycles. The summed E-state index contributed by atoms with van der Waals surface area (Å²) in [5.74, 6) is 0.390. The number of thiazole rings is 1. The van der Waals surface area contributed by atoms with Crippen molar-refractivity contribution in [2.24, 2.45) is 5.92 Å².